The van der Waals surface area contributed by atoms with Gasteiger partial charge < -0.3 is 20.5 Å². The summed E-state index contributed by atoms with van der Waals surface area (Å²) < 4.78 is 10.4. The lowest BCUT2D eigenvalue weighted by molar-refractivity contribution is 0.0939. The summed E-state index contributed by atoms with van der Waals surface area (Å²) in [6, 6.07) is 3.43. The van der Waals surface area contributed by atoms with Gasteiger partial charge in [-0.25, -0.2) is 0 Å². The van der Waals surface area contributed by atoms with Crippen LogP contribution in [0.25, 0.3) is 0 Å². The Balaban J connectivity index is 1.80. The molecule has 3 N–H and O–H groups in total. The van der Waals surface area contributed by atoms with Gasteiger partial charge in [-0.2, -0.15) is 0 Å². The number of hydrogen-bond donors (Lipinski definition) is 2. The minimum Gasteiger partial charge on any atom is -0.454 e. The molecule has 0 radical (unpaired) electrons. The van der Waals surface area contributed by atoms with E-state index in [0.717, 1.165) is 12.8 Å². The normalized spacial score (nSPS) is 17.1. The van der Waals surface area contributed by atoms with Crippen molar-refractivity contribution in [2.45, 2.75) is 18.9 Å². The van der Waals surface area contributed by atoms with E-state index in [4.69, 9.17) is 15.2 Å². The van der Waals surface area contributed by atoms with Crippen LogP contribution in [0.2, 0.25) is 0 Å². The lowest BCUT2D eigenvalue weighted by Gasteiger charge is -2.13. The molecule has 94 valence electrons. The number of hydrogen-bond acceptors (Lipinski definition) is 4. The van der Waals surface area contributed by atoms with Crippen LogP contribution in [0.1, 0.15) is 23.2 Å². The van der Waals surface area contributed by atoms with Crippen molar-refractivity contribution in [1.82, 2.24) is 5.32 Å². The van der Waals surface area contributed by atoms with Crippen molar-refractivity contribution in [2.75, 3.05) is 12.5 Å². The Kier molecular flexibility index (Phi) is 2.59. The second-order valence-corrected chi connectivity index (χ2v) is 4.41. The number of rotatable bonds is 2. The van der Waals surface area contributed by atoms with E-state index >= 15 is 0 Å². The van der Waals surface area contributed by atoms with Gasteiger partial charge in [0.15, 0.2) is 11.5 Å². The predicted molar refractivity (Wildman–Crippen MR) is 66.6 cm³/mol. The minimum absolute atomic E-state index is 0.167. The van der Waals surface area contributed by atoms with E-state index in [1.165, 1.54) is 0 Å². The number of nitrogens with one attached hydrogen (secondary N) is 1. The van der Waals surface area contributed by atoms with Crippen LogP contribution in [-0.4, -0.2) is 18.7 Å². The fourth-order valence-corrected chi connectivity index (χ4v) is 2.15. The first-order valence-electron chi connectivity index (χ1n) is 5.89. The molecule has 18 heavy (non-hydrogen) atoms. The molecule has 0 saturated heterocycles. The highest BCUT2D eigenvalue weighted by Crippen LogP contribution is 2.35. The van der Waals surface area contributed by atoms with Crippen LogP contribution in [0, 0.1) is 0 Å². The number of carbonyl (C=O) groups excluding carboxylic acids is 1. The van der Waals surface area contributed by atoms with Crippen LogP contribution in [0.3, 0.4) is 0 Å². The van der Waals surface area contributed by atoms with E-state index in [1.54, 1.807) is 12.1 Å². The van der Waals surface area contributed by atoms with Crippen LogP contribution in [0.4, 0.5) is 5.69 Å². The maximum absolute atomic E-state index is 12.1. The third-order valence-electron chi connectivity index (χ3n) is 3.13. The van der Waals surface area contributed by atoms with Gasteiger partial charge in [-0.15, -0.1) is 0 Å². The van der Waals surface area contributed by atoms with Crippen LogP contribution in [-0.2, 0) is 0 Å². The summed E-state index contributed by atoms with van der Waals surface area (Å²) in [4.78, 5) is 12.1. The quantitative estimate of drug-likeness (QED) is 0.612. The number of amides is 1. The zero-order valence-electron chi connectivity index (χ0n) is 9.81. The molecule has 0 saturated carbocycles. The van der Waals surface area contributed by atoms with Gasteiger partial charge in [0, 0.05) is 17.8 Å². The minimum atomic E-state index is -0.167. The summed E-state index contributed by atoms with van der Waals surface area (Å²) in [6.45, 7) is 0.173. The van der Waals surface area contributed by atoms with E-state index in [9.17, 15) is 4.79 Å². The van der Waals surface area contributed by atoms with E-state index in [-0.39, 0.29) is 18.7 Å². The van der Waals surface area contributed by atoms with E-state index in [2.05, 4.69) is 17.5 Å². The van der Waals surface area contributed by atoms with Crippen molar-refractivity contribution in [3.8, 4) is 11.5 Å². The fourth-order valence-electron chi connectivity index (χ4n) is 2.15. The smallest absolute Gasteiger partial charge is 0.253 e. The zero-order chi connectivity index (χ0) is 12.5. The molecule has 5 nitrogen and oxygen atoms in total. The van der Waals surface area contributed by atoms with Crippen molar-refractivity contribution in [3.63, 3.8) is 0 Å². The molecule has 1 amide bonds. The maximum atomic E-state index is 12.1. The van der Waals surface area contributed by atoms with Crippen molar-refractivity contribution in [1.29, 1.82) is 0 Å². The largest absolute Gasteiger partial charge is 0.454 e. The highest BCUT2D eigenvalue weighted by atomic mass is 16.7. The highest BCUT2D eigenvalue weighted by molar-refractivity contribution is 6.00. The number of anilines is 1. The van der Waals surface area contributed by atoms with Crippen LogP contribution in [0.5, 0.6) is 11.5 Å². The van der Waals surface area contributed by atoms with Crippen molar-refractivity contribution in [3.05, 3.63) is 29.8 Å². The molecule has 2 aliphatic rings. The Morgan fingerprint density at radius 2 is 1.89 bits per heavy atom. The highest BCUT2D eigenvalue weighted by Gasteiger charge is 2.21. The first-order chi connectivity index (χ1) is 8.74. The van der Waals surface area contributed by atoms with E-state index in [0.29, 0.717) is 22.7 Å². The number of nitrogens with two attached hydrogens (primary N) is 1. The maximum Gasteiger partial charge on any atom is 0.253 e. The van der Waals surface area contributed by atoms with Gasteiger partial charge in [0.2, 0.25) is 6.79 Å². The van der Waals surface area contributed by atoms with Gasteiger partial charge in [-0.1, -0.05) is 12.2 Å². The molecule has 1 aliphatic heterocycles. The fraction of sp³-hybridized carbons (Fsp3) is 0.308. The lowest BCUT2D eigenvalue weighted by Crippen LogP contribution is -2.33. The first kappa shape index (κ1) is 11.0. The van der Waals surface area contributed by atoms with Crippen molar-refractivity contribution in [2.24, 2.45) is 0 Å². The Morgan fingerprint density at radius 3 is 2.61 bits per heavy atom. The van der Waals surface area contributed by atoms with E-state index in [1.807, 2.05) is 0 Å². The number of benzene rings is 1. The van der Waals surface area contributed by atoms with Crippen LogP contribution in [0.15, 0.2) is 24.3 Å². The molecule has 1 heterocycles. The van der Waals surface area contributed by atoms with Gasteiger partial charge in [0.1, 0.15) is 0 Å². The molecule has 5 heteroatoms. The summed E-state index contributed by atoms with van der Waals surface area (Å²) in [7, 11) is 0. The Hall–Kier alpha value is -2.17. The monoisotopic (exact) mass is 246 g/mol. The van der Waals surface area contributed by atoms with Gasteiger partial charge in [-0.3, -0.25) is 4.79 Å². The molecule has 1 aromatic rings. The van der Waals surface area contributed by atoms with Gasteiger partial charge in [0.05, 0.1) is 5.56 Å². The first-order valence-corrected chi connectivity index (χ1v) is 5.89. The molecular formula is C13H14N2O3. The summed E-state index contributed by atoms with van der Waals surface area (Å²) in [5.74, 6) is 0.991. The standard InChI is InChI=1S/C13H14N2O3/c14-10-6-12-11(17-7-18-12)5-9(10)13(16)15-8-3-1-2-4-8/h1-2,5-6,8H,3-4,7,14H2,(H,15,16). The third-order valence-corrected chi connectivity index (χ3v) is 3.13. The molecule has 1 aliphatic carbocycles. The lowest BCUT2D eigenvalue weighted by atomic mass is 10.1. The Labute approximate surface area is 105 Å². The molecular weight excluding hydrogens is 232 g/mol. The van der Waals surface area contributed by atoms with Crippen LogP contribution >= 0.6 is 0 Å². The Morgan fingerprint density at radius 1 is 1.22 bits per heavy atom. The molecule has 0 fully saturated rings. The number of ether oxygens (including phenoxy) is 2. The number of nitrogen functional groups attached to an aromatic ring is 1. The summed E-state index contributed by atoms with van der Waals surface area (Å²) in [5.41, 5.74) is 6.70. The zero-order valence-corrected chi connectivity index (χ0v) is 9.81. The molecule has 0 spiro atoms. The average Bonchev–Trinajstić information content (AvgIpc) is 2.98. The van der Waals surface area contributed by atoms with Gasteiger partial charge >= 0.3 is 0 Å². The van der Waals surface area contributed by atoms with Crippen molar-refractivity contribution < 1.29 is 14.3 Å². The van der Waals surface area contributed by atoms with Gasteiger partial charge in [0.25, 0.3) is 5.91 Å². The molecule has 3 rings (SSSR count). The molecule has 0 aromatic heterocycles. The third kappa shape index (κ3) is 1.88. The molecule has 0 bridgehead atoms. The van der Waals surface area contributed by atoms with Gasteiger partial charge in [-0.05, 0) is 18.9 Å². The summed E-state index contributed by atoms with van der Waals surface area (Å²) in [5, 5.41) is 2.95. The second-order valence-electron chi connectivity index (χ2n) is 4.41. The number of carbonyl (C=O) groups is 1. The van der Waals surface area contributed by atoms with Crippen LogP contribution < -0.4 is 20.5 Å². The average molecular weight is 246 g/mol. The molecule has 0 atom stereocenters. The number of fused-ring (bicyclic) bond motifs is 1. The predicted octanol–water partition coefficient (Wildman–Crippen LogP) is 1.45. The molecule has 0 unspecified atom stereocenters. The summed E-state index contributed by atoms with van der Waals surface area (Å²) >= 11 is 0. The second kappa shape index (κ2) is 4.25. The Bertz CT molecular complexity index is 517. The molecule has 1 aromatic carbocycles. The summed E-state index contributed by atoms with van der Waals surface area (Å²) in [6.07, 6.45) is 5.87. The van der Waals surface area contributed by atoms with Crippen molar-refractivity contribution >= 4 is 11.6 Å². The SMILES string of the molecule is Nc1cc2c(cc1C(=O)NC1CC=CC1)OCO2. The van der Waals surface area contributed by atoms with E-state index < -0.39 is 0 Å². The topological polar surface area (TPSA) is 73.6 Å².